The van der Waals surface area contributed by atoms with Gasteiger partial charge in [-0.05, 0) is 142 Å². The fraction of sp³-hybridized carbons (Fsp3) is 0.143. The van der Waals surface area contributed by atoms with Crippen molar-refractivity contribution in [3.63, 3.8) is 0 Å². The van der Waals surface area contributed by atoms with E-state index < -0.39 is 0 Å². The predicted octanol–water partition coefficient (Wildman–Crippen LogP) is 11.7. The summed E-state index contributed by atoms with van der Waals surface area (Å²) in [4.78, 5) is 2.44. The molecule has 0 N–H and O–H groups in total. The van der Waals surface area contributed by atoms with Crippen LogP contribution in [0.2, 0.25) is 0 Å². The van der Waals surface area contributed by atoms with Crippen LogP contribution >= 0.6 is 0 Å². The van der Waals surface area contributed by atoms with Gasteiger partial charge >= 0.3 is 0 Å². The summed E-state index contributed by atoms with van der Waals surface area (Å²) in [5.41, 5.74) is 11.7. The molecular weight excluding hydrogens is 518 g/mol. The van der Waals surface area contributed by atoms with Crippen LogP contribution in [0.25, 0.3) is 44.5 Å². The zero-order valence-corrected chi connectivity index (χ0v) is 24.9. The number of nitrogens with zero attached hydrogens (tertiary/aromatic N) is 1. The lowest BCUT2D eigenvalue weighted by Gasteiger charge is -2.30. The van der Waals surface area contributed by atoms with Crippen LogP contribution in [0.5, 0.6) is 0 Å². The molecule has 0 amide bonds. The molecule has 0 atom stereocenters. The lowest BCUT2D eigenvalue weighted by molar-refractivity contribution is 0.686. The van der Waals surface area contributed by atoms with E-state index in [2.05, 4.69) is 146 Å². The van der Waals surface area contributed by atoms with E-state index in [0.29, 0.717) is 0 Å². The minimum Gasteiger partial charge on any atom is -0.310 e. The first-order chi connectivity index (χ1) is 21.1. The van der Waals surface area contributed by atoms with Crippen LogP contribution in [0.15, 0.2) is 115 Å². The highest BCUT2D eigenvalue weighted by Crippen LogP contribution is 2.40. The lowest BCUT2D eigenvalue weighted by atomic mass is 9.90. The third-order valence-electron chi connectivity index (χ3n) is 9.22. The highest BCUT2D eigenvalue weighted by molar-refractivity contribution is 6.23. The molecule has 8 rings (SSSR count). The SMILES string of the molecule is Cc1ccc(N(c2ccc(/C=C\c3cc4ccc5cc(C)cc6ccc(c3)c4c56)cc2)c2cccc3c2CCCC3)cc1. The van der Waals surface area contributed by atoms with Gasteiger partial charge in [0.2, 0.25) is 0 Å². The number of hydrogen-bond acceptors (Lipinski definition) is 1. The quantitative estimate of drug-likeness (QED) is 0.151. The molecule has 43 heavy (non-hydrogen) atoms. The maximum Gasteiger partial charge on any atom is 0.0496 e. The second-order valence-corrected chi connectivity index (χ2v) is 12.3. The molecule has 0 spiro atoms. The zero-order chi connectivity index (χ0) is 28.9. The van der Waals surface area contributed by atoms with Crippen molar-refractivity contribution in [1.29, 1.82) is 0 Å². The molecular formula is C42H35N. The van der Waals surface area contributed by atoms with Gasteiger partial charge in [-0.15, -0.1) is 0 Å². The molecule has 1 nitrogen and oxygen atoms in total. The summed E-state index contributed by atoms with van der Waals surface area (Å²) in [6.07, 6.45) is 9.36. The molecule has 1 heteroatoms. The van der Waals surface area contributed by atoms with Gasteiger partial charge in [0.1, 0.15) is 0 Å². The van der Waals surface area contributed by atoms with E-state index >= 15 is 0 Å². The Morgan fingerprint density at radius 2 is 1.07 bits per heavy atom. The molecule has 7 aromatic rings. The van der Waals surface area contributed by atoms with Gasteiger partial charge in [0.05, 0.1) is 0 Å². The normalized spacial score (nSPS) is 13.3. The summed E-state index contributed by atoms with van der Waals surface area (Å²) in [7, 11) is 0. The van der Waals surface area contributed by atoms with Crippen molar-refractivity contribution in [3.8, 4) is 0 Å². The van der Waals surface area contributed by atoms with E-state index in [-0.39, 0.29) is 0 Å². The van der Waals surface area contributed by atoms with Gasteiger partial charge in [-0.25, -0.2) is 0 Å². The minimum atomic E-state index is 1.15. The van der Waals surface area contributed by atoms with Gasteiger partial charge in [0.25, 0.3) is 0 Å². The molecule has 0 fully saturated rings. The van der Waals surface area contributed by atoms with E-state index in [4.69, 9.17) is 0 Å². The van der Waals surface area contributed by atoms with Crippen LogP contribution < -0.4 is 4.90 Å². The van der Waals surface area contributed by atoms with Crippen molar-refractivity contribution < 1.29 is 0 Å². The number of rotatable bonds is 5. The fourth-order valence-electron chi connectivity index (χ4n) is 7.13. The summed E-state index contributed by atoms with van der Waals surface area (Å²) in [6.45, 7) is 4.33. The summed E-state index contributed by atoms with van der Waals surface area (Å²) in [6, 6.07) is 43.1. The third-order valence-corrected chi connectivity index (χ3v) is 9.22. The average Bonchev–Trinajstić information content (AvgIpc) is 3.04. The Hall–Kier alpha value is -4.88. The van der Waals surface area contributed by atoms with Crippen LogP contribution in [0, 0.1) is 13.8 Å². The van der Waals surface area contributed by atoms with Gasteiger partial charge in [0, 0.05) is 17.1 Å². The maximum absolute atomic E-state index is 2.44. The predicted molar refractivity (Wildman–Crippen MR) is 186 cm³/mol. The van der Waals surface area contributed by atoms with Gasteiger partial charge < -0.3 is 4.90 Å². The molecule has 0 saturated carbocycles. The van der Waals surface area contributed by atoms with Crippen LogP contribution in [-0.4, -0.2) is 0 Å². The first-order valence-corrected chi connectivity index (χ1v) is 15.6. The molecule has 7 aromatic carbocycles. The molecule has 208 valence electrons. The summed E-state index contributed by atoms with van der Waals surface area (Å²) >= 11 is 0. The van der Waals surface area contributed by atoms with Gasteiger partial charge in [0.15, 0.2) is 0 Å². The van der Waals surface area contributed by atoms with E-state index in [1.165, 1.54) is 102 Å². The Labute approximate surface area is 254 Å². The molecule has 0 aliphatic heterocycles. The first-order valence-electron chi connectivity index (χ1n) is 15.6. The van der Waals surface area contributed by atoms with Gasteiger partial charge in [-0.2, -0.15) is 0 Å². The molecule has 0 bridgehead atoms. The van der Waals surface area contributed by atoms with Crippen LogP contribution in [0.1, 0.15) is 46.2 Å². The zero-order valence-electron chi connectivity index (χ0n) is 24.9. The largest absolute Gasteiger partial charge is 0.310 e. The van der Waals surface area contributed by atoms with E-state index in [1.54, 1.807) is 0 Å². The molecule has 0 saturated heterocycles. The Bertz CT molecular complexity index is 2060. The molecule has 0 radical (unpaired) electrons. The molecule has 1 aliphatic rings. The first kappa shape index (κ1) is 25.8. The van der Waals surface area contributed by atoms with Crippen molar-refractivity contribution in [1.82, 2.24) is 0 Å². The average molecular weight is 554 g/mol. The van der Waals surface area contributed by atoms with Crippen molar-refractivity contribution in [3.05, 3.63) is 149 Å². The topological polar surface area (TPSA) is 3.24 Å². The summed E-state index contributed by atoms with van der Waals surface area (Å²) in [5, 5.41) is 8.00. The number of aryl methyl sites for hydroxylation is 3. The number of fused-ring (bicyclic) bond motifs is 1. The summed E-state index contributed by atoms with van der Waals surface area (Å²) < 4.78 is 0. The fourth-order valence-corrected chi connectivity index (χ4v) is 7.13. The van der Waals surface area contributed by atoms with E-state index in [1.807, 2.05) is 0 Å². The van der Waals surface area contributed by atoms with Crippen molar-refractivity contribution in [2.45, 2.75) is 39.5 Å². The highest BCUT2D eigenvalue weighted by Gasteiger charge is 2.20. The molecule has 0 unspecified atom stereocenters. The Morgan fingerprint density at radius 3 is 1.72 bits per heavy atom. The third kappa shape index (κ3) is 4.66. The minimum absolute atomic E-state index is 1.15. The van der Waals surface area contributed by atoms with Crippen LogP contribution in [-0.2, 0) is 12.8 Å². The van der Waals surface area contributed by atoms with Crippen molar-refractivity contribution in [2.24, 2.45) is 0 Å². The Morgan fingerprint density at radius 1 is 0.512 bits per heavy atom. The number of anilines is 3. The van der Waals surface area contributed by atoms with Crippen LogP contribution in [0.4, 0.5) is 17.1 Å². The lowest BCUT2D eigenvalue weighted by Crippen LogP contribution is -2.15. The maximum atomic E-state index is 2.44. The molecule has 0 heterocycles. The highest BCUT2D eigenvalue weighted by atomic mass is 15.1. The Balaban J connectivity index is 1.14. The second kappa shape index (κ2) is 10.4. The van der Waals surface area contributed by atoms with Crippen LogP contribution in [0.3, 0.4) is 0 Å². The van der Waals surface area contributed by atoms with Crippen molar-refractivity contribution >= 4 is 61.5 Å². The van der Waals surface area contributed by atoms with E-state index in [0.717, 1.165) is 6.42 Å². The molecule has 0 aromatic heterocycles. The number of benzene rings is 7. The van der Waals surface area contributed by atoms with Gasteiger partial charge in [-0.3, -0.25) is 0 Å². The standard InChI is InChI=1S/C42H35N/c1-28-10-20-37(21-11-28)43(40-9-5-7-32-6-3-4-8-39(32)40)38-22-14-30(15-23-38)12-13-31-26-35-18-16-33-24-29(2)25-34-17-19-36(27-31)42(35)41(33)34/h5,7,9-27H,3-4,6,8H2,1-2H3/b13-12-. The number of hydrogen-bond donors (Lipinski definition) is 0. The monoisotopic (exact) mass is 553 g/mol. The summed E-state index contributed by atoms with van der Waals surface area (Å²) in [5.74, 6) is 0. The van der Waals surface area contributed by atoms with E-state index in [9.17, 15) is 0 Å². The molecule has 1 aliphatic carbocycles. The van der Waals surface area contributed by atoms with Gasteiger partial charge in [-0.1, -0.05) is 90.5 Å². The Kier molecular flexibility index (Phi) is 6.26. The van der Waals surface area contributed by atoms with Crippen molar-refractivity contribution in [2.75, 3.05) is 4.90 Å². The second-order valence-electron chi connectivity index (χ2n) is 12.3. The smallest absolute Gasteiger partial charge is 0.0496 e.